The van der Waals surface area contributed by atoms with E-state index in [1.54, 1.807) is 69.3 Å². The maximum atomic E-state index is 13.7. The minimum Gasteiger partial charge on any atom is -0.484 e. The van der Waals surface area contributed by atoms with Gasteiger partial charge in [-0.25, -0.2) is 8.42 Å². The van der Waals surface area contributed by atoms with Crippen molar-refractivity contribution in [3.8, 4) is 5.75 Å². The molecule has 0 saturated carbocycles. The predicted octanol–water partition coefficient (Wildman–Crippen LogP) is 4.34. The van der Waals surface area contributed by atoms with Crippen molar-refractivity contribution >= 4 is 27.9 Å². The van der Waals surface area contributed by atoms with Crippen molar-refractivity contribution < 1.29 is 37.4 Å². The van der Waals surface area contributed by atoms with E-state index in [2.05, 4.69) is 5.32 Å². The van der Waals surface area contributed by atoms with Crippen molar-refractivity contribution in [3.05, 3.63) is 59.7 Å². The van der Waals surface area contributed by atoms with Crippen LogP contribution >= 0.6 is 0 Å². The Morgan fingerprint density at radius 1 is 0.976 bits per heavy atom. The highest BCUT2D eigenvalue weighted by Crippen LogP contribution is 2.25. The number of ether oxygens (including phenoxy) is 2. The fraction of sp³-hybridized carbons (Fsp3) is 0.516. The van der Waals surface area contributed by atoms with E-state index >= 15 is 0 Å². The number of carboxylic acid groups (broad SMARTS) is 1. The Morgan fingerprint density at radius 2 is 1.60 bits per heavy atom. The minimum absolute atomic E-state index is 0.0391. The molecule has 2 aromatic rings. The summed E-state index contributed by atoms with van der Waals surface area (Å²) in [6.45, 7) is 11.1. The molecule has 0 spiro atoms. The van der Waals surface area contributed by atoms with Crippen LogP contribution in [0.4, 0.5) is 0 Å². The molecule has 232 valence electrons. The topological polar surface area (TPSA) is 139 Å². The molecule has 1 atom stereocenters. The molecular weight excluding hydrogens is 560 g/mol. The predicted molar refractivity (Wildman–Crippen MR) is 160 cm³/mol. The van der Waals surface area contributed by atoms with Crippen molar-refractivity contribution in [1.29, 1.82) is 0 Å². The molecule has 0 aromatic heterocycles. The zero-order chi connectivity index (χ0) is 31.5. The molecule has 0 aliphatic rings. The summed E-state index contributed by atoms with van der Waals surface area (Å²) in [6, 6.07) is 12.0. The highest BCUT2D eigenvalue weighted by Gasteiger charge is 2.38. The molecule has 2 aromatic carbocycles. The van der Waals surface area contributed by atoms with E-state index in [0.717, 1.165) is 5.56 Å². The second-order valence-corrected chi connectivity index (χ2v) is 13.6. The number of esters is 1. The molecule has 2 N–H and O–H groups in total. The normalized spacial score (nSPS) is 12.7. The van der Waals surface area contributed by atoms with Gasteiger partial charge in [0, 0.05) is 13.1 Å². The van der Waals surface area contributed by atoms with Gasteiger partial charge in [-0.1, -0.05) is 43.7 Å². The van der Waals surface area contributed by atoms with Gasteiger partial charge >= 0.3 is 11.9 Å². The zero-order valence-corrected chi connectivity index (χ0v) is 26.2. The van der Waals surface area contributed by atoms with Crippen molar-refractivity contribution in [2.45, 2.75) is 83.8 Å². The molecule has 10 nitrogen and oxygen atoms in total. The lowest BCUT2D eigenvalue weighted by atomic mass is 10.1. The third kappa shape index (κ3) is 11.8. The second kappa shape index (κ2) is 15.7. The van der Waals surface area contributed by atoms with Gasteiger partial charge in [0.25, 0.3) is 5.91 Å². The Kier molecular flexibility index (Phi) is 13.0. The van der Waals surface area contributed by atoms with E-state index in [1.807, 2.05) is 20.8 Å². The highest BCUT2D eigenvalue weighted by atomic mass is 32.2. The van der Waals surface area contributed by atoms with Gasteiger partial charge < -0.3 is 19.9 Å². The number of carbonyl (C=O) groups excluding carboxylic acids is 2. The fourth-order valence-electron chi connectivity index (χ4n) is 4.12. The largest absolute Gasteiger partial charge is 0.484 e. The number of hydrogen-bond donors (Lipinski definition) is 2. The Labute approximate surface area is 249 Å². The lowest BCUT2D eigenvalue weighted by Crippen LogP contribution is -2.48. The molecule has 0 unspecified atom stereocenters. The third-order valence-corrected chi connectivity index (χ3v) is 7.96. The van der Waals surface area contributed by atoms with Crippen LogP contribution in [0, 0.1) is 12.8 Å². The Morgan fingerprint density at radius 3 is 2.14 bits per heavy atom. The maximum absolute atomic E-state index is 13.7. The second-order valence-electron chi connectivity index (χ2n) is 11.7. The SMILES string of the molecule is Cc1ccc(S(=O)(=O)N(CC(C)C)[C@@H](CCCCNC(=O)COc2ccc(CC(=O)O)cc2)C(=O)OC(C)(C)C)cc1. The zero-order valence-electron chi connectivity index (χ0n) is 25.4. The third-order valence-electron chi connectivity index (χ3n) is 6.07. The number of rotatable bonds is 16. The Hall–Kier alpha value is -3.44. The first-order valence-electron chi connectivity index (χ1n) is 14.1. The van der Waals surface area contributed by atoms with Crippen LogP contribution in [0.3, 0.4) is 0 Å². The van der Waals surface area contributed by atoms with Crippen molar-refractivity contribution in [2.75, 3.05) is 19.7 Å². The molecule has 42 heavy (non-hydrogen) atoms. The van der Waals surface area contributed by atoms with Gasteiger partial charge in [0.2, 0.25) is 10.0 Å². The Balaban J connectivity index is 2.02. The molecule has 2 rings (SSSR count). The van der Waals surface area contributed by atoms with Crippen LogP contribution in [0.1, 0.15) is 65.0 Å². The molecule has 0 aliphatic heterocycles. The van der Waals surface area contributed by atoms with E-state index in [4.69, 9.17) is 14.6 Å². The van der Waals surface area contributed by atoms with Gasteiger partial charge in [-0.05, 0) is 82.7 Å². The highest BCUT2D eigenvalue weighted by molar-refractivity contribution is 7.89. The number of amides is 1. The van der Waals surface area contributed by atoms with Crippen molar-refractivity contribution in [1.82, 2.24) is 9.62 Å². The van der Waals surface area contributed by atoms with Gasteiger partial charge in [0.05, 0.1) is 11.3 Å². The number of benzene rings is 2. The molecule has 0 bridgehead atoms. The first kappa shape index (κ1) is 34.8. The summed E-state index contributed by atoms with van der Waals surface area (Å²) in [5.41, 5.74) is 0.758. The van der Waals surface area contributed by atoms with Crippen LogP contribution in [-0.4, -0.2) is 67.0 Å². The monoisotopic (exact) mass is 604 g/mol. The van der Waals surface area contributed by atoms with Gasteiger partial charge in [-0.15, -0.1) is 0 Å². The number of unbranched alkanes of at least 4 members (excludes halogenated alkanes) is 1. The molecule has 0 aliphatic carbocycles. The van der Waals surface area contributed by atoms with Gasteiger partial charge in [-0.3, -0.25) is 14.4 Å². The first-order chi connectivity index (χ1) is 19.6. The number of carboxylic acids is 1. The average Bonchev–Trinajstić information content (AvgIpc) is 2.88. The van der Waals surface area contributed by atoms with Crippen LogP contribution in [-0.2, 0) is 35.6 Å². The molecule has 11 heteroatoms. The van der Waals surface area contributed by atoms with E-state index in [1.165, 1.54) is 4.31 Å². The van der Waals surface area contributed by atoms with Gasteiger partial charge in [-0.2, -0.15) is 4.31 Å². The lowest BCUT2D eigenvalue weighted by Gasteiger charge is -2.33. The van der Waals surface area contributed by atoms with Gasteiger partial charge in [0.1, 0.15) is 17.4 Å². The van der Waals surface area contributed by atoms with Crippen molar-refractivity contribution in [3.63, 3.8) is 0 Å². The molecule has 0 radical (unpaired) electrons. The standard InChI is InChI=1S/C31H44N2O8S/c1-22(2)20-33(42(38,39)26-16-10-23(3)11-17-26)27(30(37)41-31(4,5)6)9-7-8-18-32-28(34)21-40-25-14-12-24(13-15-25)19-29(35)36/h10-17,22,27H,7-9,18-21H2,1-6H3,(H,32,34)(H,35,36)/t27-/m0/s1. The van der Waals surface area contributed by atoms with Crippen LogP contribution < -0.4 is 10.1 Å². The summed E-state index contributed by atoms with van der Waals surface area (Å²) in [6.07, 6.45) is 1.10. The summed E-state index contributed by atoms with van der Waals surface area (Å²) < 4.78 is 39.9. The molecule has 0 heterocycles. The fourth-order valence-corrected chi connectivity index (χ4v) is 5.89. The number of hydrogen-bond acceptors (Lipinski definition) is 7. The number of carbonyl (C=O) groups is 3. The van der Waals surface area contributed by atoms with E-state index in [9.17, 15) is 22.8 Å². The molecule has 1 amide bonds. The minimum atomic E-state index is -3.99. The summed E-state index contributed by atoms with van der Waals surface area (Å²) in [5, 5.41) is 11.6. The smallest absolute Gasteiger partial charge is 0.324 e. The van der Waals surface area contributed by atoms with E-state index in [0.29, 0.717) is 30.7 Å². The lowest BCUT2D eigenvalue weighted by molar-refractivity contribution is -0.160. The van der Waals surface area contributed by atoms with Crippen LogP contribution in [0.2, 0.25) is 0 Å². The van der Waals surface area contributed by atoms with Crippen LogP contribution in [0.15, 0.2) is 53.4 Å². The number of sulfonamides is 1. The summed E-state index contributed by atoms with van der Waals surface area (Å²) in [5.74, 6) is -1.47. The number of aliphatic carboxylic acids is 1. The number of nitrogens with zero attached hydrogens (tertiary/aromatic N) is 1. The quantitative estimate of drug-likeness (QED) is 0.213. The van der Waals surface area contributed by atoms with E-state index < -0.39 is 33.6 Å². The molecule has 0 fully saturated rings. The number of nitrogens with one attached hydrogen (secondary N) is 1. The molecular formula is C31H44N2O8S. The van der Waals surface area contributed by atoms with Crippen molar-refractivity contribution in [2.24, 2.45) is 5.92 Å². The van der Waals surface area contributed by atoms with Crippen LogP contribution in [0.5, 0.6) is 5.75 Å². The van der Waals surface area contributed by atoms with Crippen LogP contribution in [0.25, 0.3) is 0 Å². The Bertz CT molecular complexity index is 1280. The van der Waals surface area contributed by atoms with Gasteiger partial charge in [0.15, 0.2) is 6.61 Å². The summed E-state index contributed by atoms with van der Waals surface area (Å²) in [4.78, 5) is 36.5. The van der Waals surface area contributed by atoms with E-state index in [-0.39, 0.29) is 42.7 Å². The summed E-state index contributed by atoms with van der Waals surface area (Å²) >= 11 is 0. The number of aryl methyl sites for hydroxylation is 1. The summed E-state index contributed by atoms with van der Waals surface area (Å²) in [7, 11) is -3.99. The molecule has 0 saturated heterocycles. The average molecular weight is 605 g/mol. The first-order valence-corrected chi connectivity index (χ1v) is 15.5. The maximum Gasteiger partial charge on any atom is 0.324 e.